The van der Waals surface area contributed by atoms with E-state index in [9.17, 15) is 5.11 Å². The Morgan fingerprint density at radius 3 is 2.73 bits per heavy atom. The van der Waals surface area contributed by atoms with Gasteiger partial charge in [0.25, 0.3) is 0 Å². The van der Waals surface area contributed by atoms with Gasteiger partial charge in [-0.2, -0.15) is 0 Å². The normalized spacial score (nSPS) is 12.5. The second-order valence-electron chi connectivity index (χ2n) is 3.28. The van der Waals surface area contributed by atoms with E-state index in [-0.39, 0.29) is 19.8 Å². The predicted octanol–water partition coefficient (Wildman–Crippen LogP) is -0.0802. The van der Waals surface area contributed by atoms with Crippen molar-refractivity contribution in [2.75, 3.05) is 19.8 Å². The number of ether oxygens (including phenoxy) is 1. The highest BCUT2D eigenvalue weighted by Gasteiger charge is 2.05. The zero-order valence-corrected chi connectivity index (χ0v) is 8.60. The lowest BCUT2D eigenvalue weighted by Gasteiger charge is -2.13. The second kappa shape index (κ2) is 6.40. The maximum absolute atomic E-state index is 9.24. The third kappa shape index (κ3) is 3.87. The van der Waals surface area contributed by atoms with E-state index in [2.05, 4.69) is 0 Å². The minimum absolute atomic E-state index is 0.0832. The highest BCUT2D eigenvalue weighted by Crippen LogP contribution is 2.18. The van der Waals surface area contributed by atoms with Crippen LogP contribution in [0.25, 0.3) is 0 Å². The zero-order valence-electron chi connectivity index (χ0n) is 8.60. The molecule has 0 fully saturated rings. The quantitative estimate of drug-likeness (QED) is 0.615. The van der Waals surface area contributed by atoms with Gasteiger partial charge in [0.05, 0.1) is 0 Å². The number of benzene rings is 1. The third-order valence-corrected chi connectivity index (χ3v) is 2.06. The molecule has 0 bridgehead atoms. The lowest BCUT2D eigenvalue weighted by Crippen LogP contribution is -2.26. The monoisotopic (exact) mass is 211 g/mol. The fourth-order valence-corrected chi connectivity index (χ4v) is 1.23. The summed E-state index contributed by atoms with van der Waals surface area (Å²) in [5, 5.41) is 18.1. The van der Waals surface area contributed by atoms with Crippen LogP contribution in [0.4, 0.5) is 0 Å². The standard InChI is InChI=1S/C11H17NO3/c12-7-10(14)8-15-11-4-2-1-3-9(11)5-6-13/h1-4,10,13-14H,5-8,12H2. The SMILES string of the molecule is NCC(O)COc1ccccc1CCO. The Morgan fingerprint density at radius 2 is 2.07 bits per heavy atom. The Bertz CT molecular complexity index is 291. The van der Waals surface area contributed by atoms with Crippen molar-refractivity contribution in [1.29, 1.82) is 0 Å². The average molecular weight is 211 g/mol. The van der Waals surface area contributed by atoms with E-state index in [1.54, 1.807) is 0 Å². The highest BCUT2D eigenvalue weighted by atomic mass is 16.5. The summed E-state index contributed by atoms with van der Waals surface area (Å²) < 4.78 is 5.40. The first kappa shape index (κ1) is 12.0. The van der Waals surface area contributed by atoms with Crippen LogP contribution < -0.4 is 10.5 Å². The Labute approximate surface area is 89.3 Å². The van der Waals surface area contributed by atoms with Crippen LogP contribution in [0.2, 0.25) is 0 Å². The van der Waals surface area contributed by atoms with Crippen LogP contribution in [0.15, 0.2) is 24.3 Å². The Hall–Kier alpha value is -1.10. The van der Waals surface area contributed by atoms with Crippen molar-refractivity contribution in [1.82, 2.24) is 0 Å². The fraction of sp³-hybridized carbons (Fsp3) is 0.455. The van der Waals surface area contributed by atoms with Crippen LogP contribution in [-0.4, -0.2) is 36.1 Å². The van der Waals surface area contributed by atoms with Gasteiger partial charge in [0.2, 0.25) is 0 Å². The molecule has 84 valence electrons. The molecule has 4 nitrogen and oxygen atoms in total. The summed E-state index contributed by atoms with van der Waals surface area (Å²) >= 11 is 0. The first-order valence-corrected chi connectivity index (χ1v) is 4.97. The Morgan fingerprint density at radius 1 is 1.33 bits per heavy atom. The number of aliphatic hydroxyl groups excluding tert-OH is 2. The van der Waals surface area contributed by atoms with Crippen molar-refractivity contribution in [2.45, 2.75) is 12.5 Å². The van der Waals surface area contributed by atoms with Gasteiger partial charge in [-0.05, 0) is 18.1 Å². The van der Waals surface area contributed by atoms with Gasteiger partial charge < -0.3 is 20.7 Å². The lowest BCUT2D eigenvalue weighted by atomic mass is 10.1. The first-order valence-electron chi connectivity index (χ1n) is 4.97. The molecule has 0 saturated heterocycles. The van der Waals surface area contributed by atoms with Crippen LogP contribution in [0.3, 0.4) is 0 Å². The van der Waals surface area contributed by atoms with Crippen molar-refractivity contribution in [3.05, 3.63) is 29.8 Å². The molecule has 0 radical (unpaired) electrons. The minimum Gasteiger partial charge on any atom is -0.491 e. The molecule has 1 aromatic carbocycles. The molecule has 4 N–H and O–H groups in total. The number of rotatable bonds is 6. The molecule has 15 heavy (non-hydrogen) atoms. The van der Waals surface area contributed by atoms with Crippen LogP contribution in [0.5, 0.6) is 5.75 Å². The van der Waals surface area contributed by atoms with Crippen LogP contribution in [0, 0.1) is 0 Å². The molecule has 4 heteroatoms. The van der Waals surface area contributed by atoms with Crippen LogP contribution in [0.1, 0.15) is 5.56 Å². The first-order chi connectivity index (χ1) is 7.27. The van der Waals surface area contributed by atoms with Gasteiger partial charge in [-0.25, -0.2) is 0 Å². The molecule has 1 unspecified atom stereocenters. The summed E-state index contributed by atoms with van der Waals surface area (Å²) in [7, 11) is 0. The molecule has 0 heterocycles. The highest BCUT2D eigenvalue weighted by molar-refractivity contribution is 5.33. The van der Waals surface area contributed by atoms with Gasteiger partial charge in [0.15, 0.2) is 0 Å². The van der Waals surface area contributed by atoms with Gasteiger partial charge in [-0.3, -0.25) is 0 Å². The number of aliphatic hydroxyl groups is 2. The van der Waals surface area contributed by atoms with Crippen molar-refractivity contribution < 1.29 is 14.9 Å². The molecule has 0 aliphatic rings. The summed E-state index contributed by atoms with van der Waals surface area (Å²) in [6.07, 6.45) is -0.0956. The summed E-state index contributed by atoms with van der Waals surface area (Å²) in [6.45, 7) is 0.445. The van der Waals surface area contributed by atoms with Gasteiger partial charge in [-0.1, -0.05) is 18.2 Å². The van der Waals surface area contributed by atoms with E-state index in [1.165, 1.54) is 0 Å². The largest absolute Gasteiger partial charge is 0.491 e. The van der Waals surface area contributed by atoms with Crippen molar-refractivity contribution in [2.24, 2.45) is 5.73 Å². The lowest BCUT2D eigenvalue weighted by molar-refractivity contribution is 0.113. The Balaban J connectivity index is 2.58. The smallest absolute Gasteiger partial charge is 0.122 e. The summed E-state index contributed by atoms with van der Waals surface area (Å²) in [5.74, 6) is 0.694. The Kier molecular flexibility index (Phi) is 5.10. The summed E-state index contributed by atoms with van der Waals surface area (Å²) in [5.41, 5.74) is 6.20. The number of para-hydroxylation sites is 1. The van der Waals surface area contributed by atoms with E-state index >= 15 is 0 Å². The molecule has 0 saturated carbocycles. The summed E-state index contributed by atoms with van der Waals surface area (Å²) in [6, 6.07) is 7.44. The molecule has 1 rings (SSSR count). The third-order valence-electron chi connectivity index (χ3n) is 2.06. The topological polar surface area (TPSA) is 75.7 Å². The van der Waals surface area contributed by atoms with Gasteiger partial charge in [-0.15, -0.1) is 0 Å². The van der Waals surface area contributed by atoms with E-state index < -0.39 is 6.10 Å². The van der Waals surface area contributed by atoms with Crippen molar-refractivity contribution in [3.63, 3.8) is 0 Å². The molecule has 0 spiro atoms. The fourth-order valence-electron chi connectivity index (χ4n) is 1.23. The molecule has 1 aromatic rings. The zero-order chi connectivity index (χ0) is 11.1. The maximum atomic E-state index is 9.24. The van der Waals surface area contributed by atoms with E-state index in [1.807, 2.05) is 24.3 Å². The summed E-state index contributed by atoms with van der Waals surface area (Å²) in [4.78, 5) is 0. The molecule has 1 atom stereocenters. The average Bonchev–Trinajstić information content (AvgIpc) is 2.28. The molecule has 0 aromatic heterocycles. The predicted molar refractivity (Wildman–Crippen MR) is 57.8 cm³/mol. The molecule has 0 aliphatic carbocycles. The van der Waals surface area contributed by atoms with Gasteiger partial charge in [0.1, 0.15) is 18.5 Å². The maximum Gasteiger partial charge on any atom is 0.122 e. The molecular weight excluding hydrogens is 194 g/mol. The van der Waals surface area contributed by atoms with Crippen LogP contribution >= 0.6 is 0 Å². The number of nitrogens with two attached hydrogens (primary N) is 1. The van der Waals surface area contributed by atoms with Gasteiger partial charge in [0, 0.05) is 13.2 Å². The van der Waals surface area contributed by atoms with Crippen molar-refractivity contribution >= 4 is 0 Å². The molecule has 0 amide bonds. The molecular formula is C11H17NO3. The van der Waals surface area contributed by atoms with E-state index in [0.717, 1.165) is 5.56 Å². The minimum atomic E-state index is -0.646. The van der Waals surface area contributed by atoms with E-state index in [0.29, 0.717) is 12.2 Å². The molecule has 0 aliphatic heterocycles. The van der Waals surface area contributed by atoms with Crippen molar-refractivity contribution in [3.8, 4) is 5.75 Å². The van der Waals surface area contributed by atoms with Crippen LogP contribution in [-0.2, 0) is 6.42 Å². The van der Waals surface area contributed by atoms with Gasteiger partial charge >= 0.3 is 0 Å². The number of hydrogen-bond acceptors (Lipinski definition) is 4. The number of hydrogen-bond donors (Lipinski definition) is 3. The van der Waals surface area contributed by atoms with E-state index in [4.69, 9.17) is 15.6 Å². The second-order valence-corrected chi connectivity index (χ2v) is 3.28.